The molecule has 1 atom stereocenters. The van der Waals surface area contributed by atoms with E-state index in [2.05, 4.69) is 60.2 Å². The van der Waals surface area contributed by atoms with Crippen LogP contribution in [0.15, 0.2) is 53.6 Å². The molecule has 34 heavy (non-hydrogen) atoms. The molecule has 0 spiro atoms. The maximum atomic E-state index is 12.8. The molecule has 0 saturated carbocycles. The molecule has 0 fully saturated rings. The minimum Gasteiger partial charge on any atom is -0.346 e. The number of aromatic nitrogens is 1. The second-order valence-corrected chi connectivity index (χ2v) is 12.5. The van der Waals surface area contributed by atoms with Gasteiger partial charge >= 0.3 is 0 Å². The molecule has 0 bridgehead atoms. The number of sulfone groups is 1. The fraction of sp³-hybridized carbons (Fsp3) is 0.385. The summed E-state index contributed by atoms with van der Waals surface area (Å²) in [5.74, 6) is 0.343. The van der Waals surface area contributed by atoms with E-state index in [9.17, 15) is 13.2 Å². The van der Waals surface area contributed by atoms with Crippen LogP contribution in [0.5, 0.6) is 0 Å². The number of nitrogens with one attached hydrogen (secondary N) is 1. The van der Waals surface area contributed by atoms with E-state index in [1.807, 2.05) is 6.07 Å². The number of amides is 1. The molecule has 3 heterocycles. The van der Waals surface area contributed by atoms with Crippen molar-refractivity contribution >= 4 is 27.1 Å². The van der Waals surface area contributed by atoms with Crippen LogP contribution in [0.4, 0.5) is 0 Å². The second-order valence-electron chi connectivity index (χ2n) is 9.15. The summed E-state index contributed by atoms with van der Waals surface area (Å²) in [7, 11) is -3.28. The van der Waals surface area contributed by atoms with Gasteiger partial charge in [-0.15, -0.1) is 11.3 Å². The highest BCUT2D eigenvalue weighted by atomic mass is 32.2. The average Bonchev–Trinajstić information content (AvgIpc) is 3.36. The van der Waals surface area contributed by atoms with Gasteiger partial charge in [0.25, 0.3) is 5.91 Å². The van der Waals surface area contributed by atoms with E-state index in [1.165, 1.54) is 27.8 Å². The maximum Gasteiger partial charge on any atom is 0.261 e. The molecule has 0 saturated heterocycles. The summed E-state index contributed by atoms with van der Waals surface area (Å²) in [5.41, 5.74) is 4.41. The van der Waals surface area contributed by atoms with Gasteiger partial charge in [-0.3, -0.25) is 14.7 Å². The highest BCUT2D eigenvalue weighted by Crippen LogP contribution is 2.44. The first-order chi connectivity index (χ1) is 16.2. The Morgan fingerprint density at radius 3 is 2.56 bits per heavy atom. The zero-order valence-electron chi connectivity index (χ0n) is 20.0. The van der Waals surface area contributed by atoms with E-state index in [0.29, 0.717) is 16.5 Å². The number of rotatable bonds is 8. The molecule has 0 unspecified atom stereocenters. The van der Waals surface area contributed by atoms with Crippen molar-refractivity contribution in [3.05, 3.63) is 80.8 Å². The van der Waals surface area contributed by atoms with Crippen molar-refractivity contribution in [3.63, 3.8) is 0 Å². The summed E-state index contributed by atoms with van der Waals surface area (Å²) in [6.45, 7) is 10.1. The number of carbonyl (C=O) groups is 1. The first kappa shape index (κ1) is 24.6. The molecule has 0 radical (unpaired) electrons. The third kappa shape index (κ3) is 5.24. The van der Waals surface area contributed by atoms with Crippen molar-refractivity contribution in [1.82, 2.24) is 15.2 Å². The minimum atomic E-state index is -3.28. The SMILES string of the molecule is CCS(=O)(=O)c1ccc(CNC(=O)c2cc3c(s2)[C@@H](C(C)C)N(Cc2ccc(C)cc2)C3)nc1. The standard InChI is InChI=1S/C26H31N3O3S2/c1-5-34(31,32)22-11-10-21(27-14-22)13-28-26(30)23-12-20-16-29(24(17(2)3)25(20)33-23)15-19-8-6-18(4)7-9-19/h6-12,14,17,24H,5,13,15-16H2,1-4H3,(H,28,30)/t24-/m1/s1. The average molecular weight is 498 g/mol. The van der Waals surface area contributed by atoms with Crippen LogP contribution in [-0.2, 0) is 29.5 Å². The van der Waals surface area contributed by atoms with Crippen LogP contribution >= 0.6 is 11.3 Å². The van der Waals surface area contributed by atoms with E-state index in [-0.39, 0.29) is 29.1 Å². The Bertz CT molecular complexity index is 1260. The van der Waals surface area contributed by atoms with Crippen LogP contribution in [0.2, 0.25) is 0 Å². The normalized spacial score (nSPS) is 16.1. The van der Waals surface area contributed by atoms with Crippen LogP contribution in [0.25, 0.3) is 0 Å². The van der Waals surface area contributed by atoms with Crippen molar-refractivity contribution in [1.29, 1.82) is 0 Å². The quantitative estimate of drug-likeness (QED) is 0.479. The van der Waals surface area contributed by atoms with E-state index in [0.717, 1.165) is 13.1 Å². The van der Waals surface area contributed by atoms with Crippen molar-refractivity contribution in [2.24, 2.45) is 5.92 Å². The molecule has 8 heteroatoms. The van der Waals surface area contributed by atoms with Crippen LogP contribution in [-0.4, -0.2) is 30.0 Å². The minimum absolute atomic E-state index is 0.0353. The number of hydrogen-bond donors (Lipinski definition) is 1. The van der Waals surface area contributed by atoms with Gasteiger partial charge in [-0.2, -0.15) is 0 Å². The van der Waals surface area contributed by atoms with E-state index >= 15 is 0 Å². The molecular formula is C26H31N3O3S2. The Morgan fingerprint density at radius 2 is 1.94 bits per heavy atom. The monoisotopic (exact) mass is 497 g/mol. The summed E-state index contributed by atoms with van der Waals surface area (Å²) in [4.78, 5) is 21.7. The molecule has 1 N–H and O–H groups in total. The fourth-order valence-corrected chi connectivity index (χ4v) is 6.56. The van der Waals surface area contributed by atoms with Crippen molar-refractivity contribution in [3.8, 4) is 0 Å². The highest BCUT2D eigenvalue weighted by Gasteiger charge is 2.35. The molecule has 4 rings (SSSR count). The lowest BCUT2D eigenvalue weighted by molar-refractivity contribution is 0.0954. The lowest BCUT2D eigenvalue weighted by Crippen LogP contribution is -2.26. The van der Waals surface area contributed by atoms with Gasteiger partial charge in [-0.05, 0) is 42.2 Å². The summed E-state index contributed by atoms with van der Waals surface area (Å²) < 4.78 is 23.9. The number of nitrogens with zero attached hydrogens (tertiary/aromatic N) is 2. The highest BCUT2D eigenvalue weighted by molar-refractivity contribution is 7.91. The van der Waals surface area contributed by atoms with Gasteiger partial charge in [0.15, 0.2) is 9.84 Å². The molecule has 6 nitrogen and oxygen atoms in total. The number of aryl methyl sites for hydroxylation is 1. The third-order valence-corrected chi connectivity index (χ3v) is 9.17. The number of thiophene rings is 1. The van der Waals surface area contributed by atoms with Gasteiger partial charge in [-0.1, -0.05) is 50.6 Å². The summed E-state index contributed by atoms with van der Waals surface area (Å²) in [5, 5.41) is 2.92. The van der Waals surface area contributed by atoms with E-state index in [4.69, 9.17) is 0 Å². The van der Waals surface area contributed by atoms with Crippen molar-refractivity contribution in [2.75, 3.05) is 5.75 Å². The number of pyridine rings is 1. The van der Waals surface area contributed by atoms with Crippen molar-refractivity contribution < 1.29 is 13.2 Å². The Kier molecular flexibility index (Phi) is 7.21. The number of benzene rings is 1. The topological polar surface area (TPSA) is 79.4 Å². The molecule has 3 aromatic rings. The summed E-state index contributed by atoms with van der Waals surface area (Å²) in [6.07, 6.45) is 1.36. The number of carbonyl (C=O) groups excluding carboxylic acids is 1. The summed E-state index contributed by atoms with van der Waals surface area (Å²) in [6, 6.07) is 14.2. The van der Waals surface area contributed by atoms with E-state index in [1.54, 1.807) is 30.4 Å². The van der Waals surface area contributed by atoms with Crippen LogP contribution in [0.3, 0.4) is 0 Å². The molecule has 180 valence electrons. The van der Waals surface area contributed by atoms with Gasteiger partial charge in [0.05, 0.1) is 27.8 Å². The second kappa shape index (κ2) is 9.98. The van der Waals surface area contributed by atoms with Gasteiger partial charge in [0, 0.05) is 30.2 Å². The Balaban J connectivity index is 1.42. The molecule has 0 aliphatic carbocycles. The number of hydrogen-bond acceptors (Lipinski definition) is 6. The van der Waals surface area contributed by atoms with Gasteiger partial charge in [0.2, 0.25) is 0 Å². The lowest BCUT2D eigenvalue weighted by Gasteiger charge is -2.28. The van der Waals surface area contributed by atoms with Crippen LogP contribution in [0, 0.1) is 12.8 Å². The molecular weight excluding hydrogens is 466 g/mol. The Morgan fingerprint density at radius 1 is 1.21 bits per heavy atom. The first-order valence-corrected chi connectivity index (χ1v) is 14.0. The predicted octanol–water partition coefficient (Wildman–Crippen LogP) is 4.89. The molecule has 1 aliphatic heterocycles. The number of fused-ring (bicyclic) bond motifs is 1. The predicted molar refractivity (Wildman–Crippen MR) is 135 cm³/mol. The third-order valence-electron chi connectivity index (χ3n) is 6.21. The van der Waals surface area contributed by atoms with E-state index < -0.39 is 9.84 Å². The van der Waals surface area contributed by atoms with Gasteiger partial charge in [0.1, 0.15) is 0 Å². The first-order valence-electron chi connectivity index (χ1n) is 11.6. The van der Waals surface area contributed by atoms with Crippen molar-refractivity contribution in [2.45, 2.75) is 58.3 Å². The van der Waals surface area contributed by atoms with Gasteiger partial charge in [-0.25, -0.2) is 8.42 Å². The lowest BCUT2D eigenvalue weighted by atomic mass is 10.0. The van der Waals surface area contributed by atoms with Crippen LogP contribution in [0.1, 0.15) is 63.7 Å². The summed E-state index contributed by atoms with van der Waals surface area (Å²) >= 11 is 1.57. The Hall–Kier alpha value is -2.55. The zero-order chi connectivity index (χ0) is 24.5. The largest absolute Gasteiger partial charge is 0.346 e. The Labute approximate surface area is 206 Å². The molecule has 1 amide bonds. The smallest absolute Gasteiger partial charge is 0.261 e. The molecule has 1 aromatic carbocycles. The fourth-order valence-electron chi connectivity index (χ4n) is 4.34. The zero-order valence-corrected chi connectivity index (χ0v) is 21.7. The van der Waals surface area contributed by atoms with Crippen LogP contribution < -0.4 is 5.32 Å². The molecule has 2 aromatic heterocycles. The molecule has 1 aliphatic rings. The van der Waals surface area contributed by atoms with Gasteiger partial charge < -0.3 is 5.32 Å². The maximum absolute atomic E-state index is 12.8.